The van der Waals surface area contributed by atoms with Gasteiger partial charge in [-0.05, 0) is 43.5 Å². The molecule has 1 heterocycles. The van der Waals surface area contributed by atoms with Crippen molar-refractivity contribution in [2.75, 3.05) is 24.5 Å². The van der Waals surface area contributed by atoms with Crippen molar-refractivity contribution in [2.24, 2.45) is 11.7 Å². The summed E-state index contributed by atoms with van der Waals surface area (Å²) < 4.78 is 0. The summed E-state index contributed by atoms with van der Waals surface area (Å²) in [6.07, 6.45) is 4.30. The number of hydrogen-bond acceptors (Lipinski definition) is 3. The molecule has 0 bridgehead atoms. The molecule has 1 saturated heterocycles. The minimum absolute atomic E-state index is 0. The zero-order valence-electron chi connectivity index (χ0n) is 14.0. The maximum Gasteiger partial charge on any atom is 0.322 e. The lowest BCUT2D eigenvalue weighted by molar-refractivity contribution is 0.0908. The molecule has 1 aliphatic heterocycles. The number of benzene rings is 1. The lowest BCUT2D eigenvalue weighted by atomic mass is 9.84. The van der Waals surface area contributed by atoms with E-state index in [1.54, 1.807) is 23.1 Å². The van der Waals surface area contributed by atoms with E-state index < -0.39 is 0 Å². The summed E-state index contributed by atoms with van der Waals surface area (Å²) in [6, 6.07) is 4.96. The molecule has 3 rings (SSSR count). The Labute approximate surface area is 158 Å². The van der Waals surface area contributed by atoms with Gasteiger partial charge in [-0.2, -0.15) is 0 Å². The Morgan fingerprint density at radius 3 is 2.80 bits per heavy atom. The molecular formula is C17H24Cl2N4O2. The van der Waals surface area contributed by atoms with Crippen molar-refractivity contribution in [3.8, 4) is 0 Å². The van der Waals surface area contributed by atoms with Gasteiger partial charge in [0.15, 0.2) is 0 Å². The molecule has 0 aromatic heterocycles. The van der Waals surface area contributed by atoms with Crippen LogP contribution in [0.4, 0.5) is 10.5 Å². The van der Waals surface area contributed by atoms with Crippen molar-refractivity contribution >= 4 is 41.6 Å². The Morgan fingerprint density at radius 2 is 2.12 bits per heavy atom. The second-order valence-electron chi connectivity index (χ2n) is 6.41. The van der Waals surface area contributed by atoms with E-state index in [0.29, 0.717) is 41.8 Å². The maximum absolute atomic E-state index is 12.6. The van der Waals surface area contributed by atoms with E-state index in [1.165, 1.54) is 6.42 Å². The van der Waals surface area contributed by atoms with Gasteiger partial charge in [0.1, 0.15) is 0 Å². The van der Waals surface area contributed by atoms with Gasteiger partial charge in [0, 0.05) is 24.7 Å². The predicted octanol–water partition coefficient (Wildman–Crippen LogP) is 2.54. The first-order valence-corrected chi connectivity index (χ1v) is 8.84. The lowest BCUT2D eigenvalue weighted by Crippen LogP contribution is -2.44. The number of halogens is 2. The summed E-state index contributed by atoms with van der Waals surface area (Å²) >= 11 is 6.21. The quantitative estimate of drug-likeness (QED) is 0.742. The molecule has 25 heavy (non-hydrogen) atoms. The number of carbonyl (C=O) groups excluding carboxylic acids is 2. The van der Waals surface area contributed by atoms with E-state index in [-0.39, 0.29) is 30.4 Å². The summed E-state index contributed by atoms with van der Waals surface area (Å²) in [4.78, 5) is 26.0. The van der Waals surface area contributed by atoms with Crippen LogP contribution in [-0.4, -0.2) is 37.6 Å². The van der Waals surface area contributed by atoms with Crippen LogP contribution in [0.25, 0.3) is 0 Å². The van der Waals surface area contributed by atoms with Crippen LogP contribution in [0.1, 0.15) is 36.0 Å². The molecule has 6 nitrogen and oxygen atoms in total. The molecule has 1 aliphatic carbocycles. The highest BCUT2D eigenvalue weighted by Gasteiger charge is 2.27. The van der Waals surface area contributed by atoms with Gasteiger partial charge in [-0.25, -0.2) is 4.79 Å². The maximum atomic E-state index is 12.6. The van der Waals surface area contributed by atoms with Crippen LogP contribution in [0.15, 0.2) is 18.2 Å². The molecule has 2 fully saturated rings. The first-order valence-electron chi connectivity index (χ1n) is 8.46. The van der Waals surface area contributed by atoms with Crippen LogP contribution >= 0.6 is 24.0 Å². The topological polar surface area (TPSA) is 87.5 Å². The van der Waals surface area contributed by atoms with Crippen LogP contribution in [0.2, 0.25) is 5.02 Å². The summed E-state index contributed by atoms with van der Waals surface area (Å²) in [7, 11) is 0. The summed E-state index contributed by atoms with van der Waals surface area (Å²) in [5.41, 5.74) is 6.91. The smallest absolute Gasteiger partial charge is 0.322 e. The number of urea groups is 1. The molecule has 0 spiro atoms. The van der Waals surface area contributed by atoms with E-state index in [1.807, 2.05) is 0 Å². The second-order valence-corrected chi connectivity index (χ2v) is 6.82. The fourth-order valence-corrected chi connectivity index (χ4v) is 3.71. The molecule has 1 aromatic rings. The van der Waals surface area contributed by atoms with Crippen molar-refractivity contribution in [3.05, 3.63) is 28.8 Å². The van der Waals surface area contributed by atoms with E-state index in [0.717, 1.165) is 19.3 Å². The predicted molar refractivity (Wildman–Crippen MR) is 102 cm³/mol. The summed E-state index contributed by atoms with van der Waals surface area (Å²) in [6.45, 7) is 1.71. The van der Waals surface area contributed by atoms with Gasteiger partial charge in [-0.15, -0.1) is 12.4 Å². The fourth-order valence-electron chi connectivity index (χ4n) is 3.49. The highest BCUT2D eigenvalue weighted by molar-refractivity contribution is 6.34. The van der Waals surface area contributed by atoms with Gasteiger partial charge >= 0.3 is 6.03 Å². The molecular weight excluding hydrogens is 363 g/mol. The molecule has 8 heteroatoms. The number of rotatable bonds is 4. The van der Waals surface area contributed by atoms with Gasteiger partial charge in [0.05, 0.1) is 10.7 Å². The lowest BCUT2D eigenvalue weighted by Gasteiger charge is -2.31. The third kappa shape index (κ3) is 4.37. The van der Waals surface area contributed by atoms with Crippen LogP contribution < -0.4 is 21.3 Å². The molecule has 3 amide bonds. The normalized spacial score (nSPS) is 23.0. The number of nitrogens with one attached hydrogen (secondary N) is 2. The van der Waals surface area contributed by atoms with Crippen LogP contribution in [0, 0.1) is 5.92 Å². The Hall–Kier alpha value is -1.50. The van der Waals surface area contributed by atoms with Crippen molar-refractivity contribution in [1.29, 1.82) is 0 Å². The first kappa shape index (κ1) is 19.8. The average Bonchev–Trinajstić information content (AvgIpc) is 3.01. The zero-order chi connectivity index (χ0) is 17.1. The SMILES string of the molecule is Cl.NCC1CCCCC1NC(=O)c1ccc(Cl)c(N2CCNC2=O)c1. The van der Waals surface area contributed by atoms with E-state index in [9.17, 15) is 9.59 Å². The van der Waals surface area contributed by atoms with E-state index >= 15 is 0 Å². The summed E-state index contributed by atoms with van der Waals surface area (Å²) in [5, 5.41) is 6.30. The van der Waals surface area contributed by atoms with Crippen LogP contribution in [0.5, 0.6) is 0 Å². The Bertz CT molecular complexity index is 641. The molecule has 2 unspecified atom stereocenters. The van der Waals surface area contributed by atoms with Crippen molar-refractivity contribution < 1.29 is 9.59 Å². The number of carbonyl (C=O) groups is 2. The number of anilines is 1. The third-order valence-corrected chi connectivity index (χ3v) is 5.20. The Morgan fingerprint density at radius 1 is 1.36 bits per heavy atom. The van der Waals surface area contributed by atoms with Gasteiger partial charge in [-0.1, -0.05) is 24.4 Å². The molecule has 2 atom stereocenters. The fraction of sp³-hybridized carbons (Fsp3) is 0.529. The van der Waals surface area contributed by atoms with E-state index in [4.69, 9.17) is 17.3 Å². The molecule has 0 radical (unpaired) electrons. The van der Waals surface area contributed by atoms with Crippen molar-refractivity contribution in [2.45, 2.75) is 31.7 Å². The third-order valence-electron chi connectivity index (χ3n) is 4.88. The number of hydrogen-bond donors (Lipinski definition) is 3. The first-order chi connectivity index (χ1) is 11.6. The average molecular weight is 387 g/mol. The zero-order valence-corrected chi connectivity index (χ0v) is 15.5. The molecule has 1 aromatic carbocycles. The van der Waals surface area contributed by atoms with E-state index in [2.05, 4.69) is 10.6 Å². The molecule has 138 valence electrons. The van der Waals surface area contributed by atoms with Crippen molar-refractivity contribution in [1.82, 2.24) is 10.6 Å². The Kier molecular flexibility index (Phi) is 6.93. The number of amides is 3. The van der Waals surface area contributed by atoms with Crippen LogP contribution in [-0.2, 0) is 0 Å². The largest absolute Gasteiger partial charge is 0.349 e. The van der Waals surface area contributed by atoms with Crippen LogP contribution in [0.3, 0.4) is 0 Å². The number of nitrogens with zero attached hydrogens (tertiary/aromatic N) is 1. The second kappa shape index (κ2) is 8.74. The number of nitrogens with two attached hydrogens (primary N) is 1. The molecule has 4 N–H and O–H groups in total. The standard InChI is InChI=1S/C17H23ClN4O2.ClH/c18-13-6-5-11(9-15(13)22-8-7-20-17(22)24)16(23)21-14-4-2-1-3-12(14)10-19;/h5-6,9,12,14H,1-4,7-8,10,19H2,(H,20,24)(H,21,23);1H. The highest BCUT2D eigenvalue weighted by atomic mass is 35.5. The summed E-state index contributed by atoms with van der Waals surface area (Å²) in [5.74, 6) is 0.191. The monoisotopic (exact) mass is 386 g/mol. The highest BCUT2D eigenvalue weighted by Crippen LogP contribution is 2.29. The molecule has 1 saturated carbocycles. The minimum atomic E-state index is -0.190. The van der Waals surface area contributed by atoms with Gasteiger partial charge in [-0.3, -0.25) is 9.69 Å². The van der Waals surface area contributed by atoms with Gasteiger partial charge in [0.25, 0.3) is 5.91 Å². The molecule has 2 aliphatic rings. The van der Waals surface area contributed by atoms with Gasteiger partial charge in [0.2, 0.25) is 0 Å². The minimum Gasteiger partial charge on any atom is -0.349 e. The van der Waals surface area contributed by atoms with Gasteiger partial charge < -0.3 is 16.4 Å². The Balaban J connectivity index is 0.00000225. The van der Waals surface area contributed by atoms with Crippen molar-refractivity contribution in [3.63, 3.8) is 0 Å².